The molecule has 0 amide bonds. The van der Waals surface area contributed by atoms with Crippen LogP contribution >= 0.6 is 11.3 Å². The van der Waals surface area contributed by atoms with E-state index in [0.29, 0.717) is 27.3 Å². The van der Waals surface area contributed by atoms with Crippen molar-refractivity contribution in [1.82, 2.24) is 14.5 Å². The van der Waals surface area contributed by atoms with Gasteiger partial charge in [-0.25, -0.2) is 18.7 Å². The highest BCUT2D eigenvalue weighted by Gasteiger charge is 2.19. The van der Waals surface area contributed by atoms with Gasteiger partial charge in [-0.1, -0.05) is 6.07 Å². The fourth-order valence-electron chi connectivity index (χ4n) is 3.59. The molecule has 35 heavy (non-hydrogen) atoms. The van der Waals surface area contributed by atoms with E-state index in [1.165, 1.54) is 76.7 Å². The van der Waals surface area contributed by atoms with Crippen molar-refractivity contribution in [2.24, 2.45) is 0 Å². The maximum Gasteiger partial charge on any atom is 0.267 e. The lowest BCUT2D eigenvalue weighted by atomic mass is 10.0. The Labute approximate surface area is 201 Å². The first-order chi connectivity index (χ1) is 16.9. The van der Waals surface area contributed by atoms with E-state index in [-0.39, 0.29) is 23.6 Å². The molecule has 3 aromatic heterocycles. The molecule has 0 aliphatic heterocycles. The zero-order valence-corrected chi connectivity index (χ0v) is 18.8. The molecule has 0 bridgehead atoms. The van der Waals surface area contributed by atoms with Gasteiger partial charge in [0, 0.05) is 18.7 Å². The molecule has 0 spiro atoms. The van der Waals surface area contributed by atoms with Crippen molar-refractivity contribution in [3.63, 3.8) is 0 Å². The zero-order valence-electron chi connectivity index (χ0n) is 17.9. The van der Waals surface area contributed by atoms with E-state index in [0.717, 1.165) is 0 Å². The van der Waals surface area contributed by atoms with Gasteiger partial charge in [-0.15, -0.1) is 11.3 Å². The summed E-state index contributed by atoms with van der Waals surface area (Å²) in [5.41, 5.74) is 7.73. The molecule has 5 rings (SSSR count). The highest BCUT2D eigenvalue weighted by Crippen LogP contribution is 2.27. The Kier molecular flexibility index (Phi) is 5.79. The van der Waals surface area contributed by atoms with Crippen LogP contribution in [0.5, 0.6) is 11.5 Å². The zero-order chi connectivity index (χ0) is 24.5. The van der Waals surface area contributed by atoms with E-state index < -0.39 is 23.0 Å². The van der Waals surface area contributed by atoms with Gasteiger partial charge in [0.1, 0.15) is 22.2 Å². The number of pyridine rings is 2. The molecule has 0 radical (unpaired) electrons. The minimum Gasteiger partial charge on any atom is -0.454 e. The number of carbonyl (C=O) groups is 1. The summed E-state index contributed by atoms with van der Waals surface area (Å²) >= 11 is 1.23. The first-order valence-electron chi connectivity index (χ1n) is 10.4. The molecular formula is C25H16F2N4O3S. The first-order valence-corrected chi connectivity index (χ1v) is 11.2. The molecule has 5 aromatic rings. The van der Waals surface area contributed by atoms with E-state index in [9.17, 15) is 18.4 Å². The third kappa shape index (κ3) is 4.51. The van der Waals surface area contributed by atoms with E-state index in [4.69, 9.17) is 10.5 Å². The Morgan fingerprint density at radius 1 is 1.03 bits per heavy atom. The Hall–Kier alpha value is -4.44. The summed E-state index contributed by atoms with van der Waals surface area (Å²) in [5.74, 6) is -1.13. The molecular weight excluding hydrogens is 474 g/mol. The lowest BCUT2D eigenvalue weighted by Gasteiger charge is -2.11. The molecule has 0 unspecified atom stereocenters. The van der Waals surface area contributed by atoms with E-state index >= 15 is 0 Å². The Morgan fingerprint density at radius 2 is 1.83 bits per heavy atom. The normalized spacial score (nSPS) is 11.0. The van der Waals surface area contributed by atoms with Crippen LogP contribution in [0.4, 0.5) is 14.6 Å². The first kappa shape index (κ1) is 22.4. The number of benzene rings is 2. The van der Waals surface area contributed by atoms with Crippen LogP contribution in [-0.2, 0) is 6.42 Å². The standard InChI is InChI=1S/C25H16F2N4O3S/c26-15-2-4-16(5-3-15)31-24(33)18(12-20-25(31)35-13-30-20)21(32)10-14-1-6-22(19(27)9-14)34-17-7-8-29-23(28)11-17/h1-9,11-13H,10H2,(H2,28,29). The van der Waals surface area contributed by atoms with Crippen LogP contribution in [0.1, 0.15) is 15.9 Å². The maximum absolute atomic E-state index is 14.7. The summed E-state index contributed by atoms with van der Waals surface area (Å²) in [4.78, 5) is 35.0. The summed E-state index contributed by atoms with van der Waals surface area (Å²) in [6, 6.07) is 13.9. The van der Waals surface area contributed by atoms with E-state index in [1.807, 2.05) is 0 Å². The number of ketones is 1. The molecule has 3 heterocycles. The smallest absolute Gasteiger partial charge is 0.267 e. The molecule has 0 aliphatic rings. The molecule has 10 heteroatoms. The van der Waals surface area contributed by atoms with Gasteiger partial charge in [0.05, 0.1) is 22.3 Å². The lowest BCUT2D eigenvalue weighted by molar-refractivity contribution is 0.0991. The Morgan fingerprint density at radius 3 is 2.57 bits per heavy atom. The average Bonchev–Trinajstić information content (AvgIpc) is 3.29. The molecule has 0 saturated carbocycles. The maximum atomic E-state index is 14.7. The van der Waals surface area contributed by atoms with Gasteiger partial charge in [0.15, 0.2) is 17.3 Å². The Bertz CT molecular complexity index is 1630. The van der Waals surface area contributed by atoms with Gasteiger partial charge in [-0.05, 0) is 54.1 Å². The molecule has 2 aromatic carbocycles. The SMILES string of the molecule is Nc1cc(Oc2ccc(CC(=O)c3cc4ncsc4n(-c4ccc(F)cc4)c3=O)cc2F)ccn1. The third-order valence-electron chi connectivity index (χ3n) is 5.22. The monoisotopic (exact) mass is 490 g/mol. The van der Waals surface area contributed by atoms with Crippen LogP contribution < -0.4 is 16.0 Å². The van der Waals surface area contributed by atoms with E-state index in [2.05, 4.69) is 9.97 Å². The number of hydrogen-bond acceptors (Lipinski definition) is 7. The van der Waals surface area contributed by atoms with Crippen molar-refractivity contribution >= 4 is 33.3 Å². The highest BCUT2D eigenvalue weighted by molar-refractivity contribution is 7.16. The van der Waals surface area contributed by atoms with Gasteiger partial charge in [0.25, 0.3) is 5.56 Å². The van der Waals surface area contributed by atoms with Crippen LogP contribution in [0.3, 0.4) is 0 Å². The number of aromatic nitrogens is 3. The van der Waals surface area contributed by atoms with Crippen LogP contribution in [0.25, 0.3) is 16.0 Å². The van der Waals surface area contributed by atoms with Crippen molar-refractivity contribution in [1.29, 1.82) is 0 Å². The average molecular weight is 490 g/mol. The number of carbonyl (C=O) groups excluding carboxylic acids is 1. The number of nitrogens with two attached hydrogens (primary N) is 1. The number of halogens is 2. The molecule has 174 valence electrons. The number of ether oxygens (including phenoxy) is 1. The summed E-state index contributed by atoms with van der Waals surface area (Å²) in [7, 11) is 0. The number of fused-ring (bicyclic) bond motifs is 1. The van der Waals surface area contributed by atoms with E-state index in [1.54, 1.807) is 11.6 Å². The molecule has 2 N–H and O–H groups in total. The lowest BCUT2D eigenvalue weighted by Crippen LogP contribution is -2.26. The van der Waals surface area contributed by atoms with Crippen molar-refractivity contribution in [2.45, 2.75) is 6.42 Å². The number of nitrogen functional groups attached to an aromatic ring is 1. The summed E-state index contributed by atoms with van der Waals surface area (Å²) in [6.07, 6.45) is 1.22. The van der Waals surface area contributed by atoms with Gasteiger partial charge in [-0.3, -0.25) is 14.2 Å². The number of thiazole rings is 1. The molecule has 7 nitrogen and oxygen atoms in total. The number of nitrogens with zero attached hydrogens (tertiary/aromatic N) is 3. The highest BCUT2D eigenvalue weighted by atomic mass is 32.1. The second-order valence-corrected chi connectivity index (χ2v) is 8.43. The summed E-state index contributed by atoms with van der Waals surface area (Å²) < 4.78 is 34.9. The summed E-state index contributed by atoms with van der Waals surface area (Å²) in [5, 5.41) is 0. The van der Waals surface area contributed by atoms with Crippen LogP contribution in [-0.4, -0.2) is 20.3 Å². The van der Waals surface area contributed by atoms with Gasteiger partial charge in [0.2, 0.25) is 0 Å². The van der Waals surface area contributed by atoms with Gasteiger partial charge in [-0.2, -0.15) is 0 Å². The van der Waals surface area contributed by atoms with Crippen molar-refractivity contribution in [2.75, 3.05) is 5.73 Å². The number of rotatable bonds is 6. The minimum absolute atomic E-state index is 0.0469. The number of anilines is 1. The molecule has 0 saturated heterocycles. The topological polar surface area (TPSA) is 100 Å². The van der Waals surface area contributed by atoms with Gasteiger partial charge >= 0.3 is 0 Å². The largest absolute Gasteiger partial charge is 0.454 e. The quantitative estimate of drug-likeness (QED) is 0.339. The molecule has 0 fully saturated rings. The minimum atomic E-state index is -0.677. The molecule has 0 aliphatic carbocycles. The second-order valence-electron chi connectivity index (χ2n) is 7.60. The van der Waals surface area contributed by atoms with Crippen LogP contribution in [0.15, 0.2) is 77.2 Å². The second kappa shape index (κ2) is 9.07. The third-order valence-corrected chi connectivity index (χ3v) is 6.05. The van der Waals surface area contributed by atoms with Crippen LogP contribution in [0.2, 0.25) is 0 Å². The predicted molar refractivity (Wildman–Crippen MR) is 128 cm³/mol. The number of Topliss-reactive ketones (excluding diaryl/α,β-unsaturated/α-hetero) is 1. The fraction of sp³-hybridized carbons (Fsp3) is 0.0400. The predicted octanol–water partition coefficient (Wildman–Crippen LogP) is 4.92. The fourth-order valence-corrected chi connectivity index (χ4v) is 4.38. The Balaban J connectivity index is 1.45. The van der Waals surface area contributed by atoms with Crippen molar-refractivity contribution in [3.8, 4) is 17.2 Å². The van der Waals surface area contributed by atoms with Crippen molar-refractivity contribution in [3.05, 3.63) is 105 Å². The number of hydrogen-bond donors (Lipinski definition) is 1. The van der Waals surface area contributed by atoms with Crippen molar-refractivity contribution < 1.29 is 18.3 Å². The summed E-state index contributed by atoms with van der Waals surface area (Å²) in [6.45, 7) is 0. The van der Waals surface area contributed by atoms with Crippen LogP contribution in [0, 0.1) is 11.6 Å². The van der Waals surface area contributed by atoms with Gasteiger partial charge < -0.3 is 10.5 Å². The molecule has 0 atom stereocenters.